The van der Waals surface area contributed by atoms with Crippen LogP contribution in [-0.4, -0.2) is 22.3 Å². The Kier molecular flexibility index (Phi) is 5.54. The van der Waals surface area contributed by atoms with Crippen LogP contribution in [0.25, 0.3) is 0 Å². The highest BCUT2D eigenvalue weighted by Gasteiger charge is 2.29. The zero-order chi connectivity index (χ0) is 15.5. The minimum absolute atomic E-state index is 0.608. The predicted octanol–water partition coefficient (Wildman–Crippen LogP) is 4.96. The van der Waals surface area contributed by atoms with Crippen molar-refractivity contribution in [2.75, 3.05) is 13.1 Å². The van der Waals surface area contributed by atoms with Gasteiger partial charge in [0.05, 0.1) is 5.56 Å². The van der Waals surface area contributed by atoms with Crippen LogP contribution in [0.4, 0.5) is 13.2 Å². The van der Waals surface area contributed by atoms with Gasteiger partial charge in [0.25, 0.3) is 0 Å². The Hall–Kier alpha value is -0.750. The summed E-state index contributed by atoms with van der Waals surface area (Å²) in [5.74, 6) is 1.37. The molecule has 0 atom stereocenters. The molecule has 2 rings (SSSR count). The monoisotopic (exact) mass is 333 g/mol. The van der Waals surface area contributed by atoms with Crippen molar-refractivity contribution in [3.8, 4) is 0 Å². The maximum atomic E-state index is 12.5. The number of hydrogen-bond acceptors (Lipinski definition) is 2. The number of nitrogens with zero attached hydrogens (tertiary/aromatic N) is 1. The molecule has 6 heteroatoms. The molecule has 0 amide bonds. The Morgan fingerprint density at radius 2 is 1.81 bits per heavy atom. The molecule has 0 spiro atoms. The summed E-state index contributed by atoms with van der Waals surface area (Å²) in [5.41, 5.74) is 0.254. The van der Waals surface area contributed by atoms with Gasteiger partial charge in [0.15, 0.2) is 0 Å². The van der Waals surface area contributed by atoms with Crippen molar-refractivity contribution in [3.05, 3.63) is 35.4 Å². The molecule has 1 fully saturated rings. The van der Waals surface area contributed by atoms with E-state index < -0.39 is 11.7 Å². The first-order valence-electron chi connectivity index (χ1n) is 6.94. The van der Waals surface area contributed by atoms with Crippen molar-refractivity contribution < 1.29 is 13.2 Å². The summed E-state index contributed by atoms with van der Waals surface area (Å²) in [7, 11) is 0. The smallest absolute Gasteiger partial charge is 0.357 e. The number of rotatable bonds is 2. The molecule has 116 valence electrons. The van der Waals surface area contributed by atoms with Gasteiger partial charge in [-0.05, 0) is 36.5 Å². The molecule has 0 aromatic heterocycles. The Morgan fingerprint density at radius 1 is 1.24 bits per heavy atom. The second-order valence-electron chi connectivity index (χ2n) is 5.42. The molecule has 1 aliphatic heterocycles. The lowest BCUT2D eigenvalue weighted by molar-refractivity contribution is -0.137. The molecule has 1 aromatic carbocycles. The van der Waals surface area contributed by atoms with Gasteiger partial charge in [-0.1, -0.05) is 43.0 Å². The average Bonchev–Trinajstić information content (AvgIpc) is 2.45. The first kappa shape index (κ1) is 16.6. The zero-order valence-electron chi connectivity index (χ0n) is 11.8. The number of thiocarbonyl (C=S) groups is 1. The van der Waals surface area contributed by atoms with Crippen molar-refractivity contribution in [1.29, 1.82) is 0 Å². The van der Waals surface area contributed by atoms with Crippen LogP contribution >= 0.6 is 24.0 Å². The van der Waals surface area contributed by atoms with E-state index >= 15 is 0 Å². The Bertz CT molecular complexity index is 477. The third-order valence-electron chi connectivity index (χ3n) is 3.69. The number of halogens is 3. The molecular weight excluding hydrogens is 315 g/mol. The minimum atomic E-state index is -4.27. The van der Waals surface area contributed by atoms with E-state index in [4.69, 9.17) is 12.2 Å². The molecule has 1 aliphatic rings. The lowest BCUT2D eigenvalue weighted by Gasteiger charge is -2.31. The van der Waals surface area contributed by atoms with E-state index in [1.54, 1.807) is 0 Å². The first-order chi connectivity index (χ1) is 9.86. The highest BCUT2D eigenvalue weighted by atomic mass is 32.2. The van der Waals surface area contributed by atoms with E-state index in [0.717, 1.165) is 53.9 Å². The topological polar surface area (TPSA) is 3.24 Å². The predicted molar refractivity (Wildman–Crippen MR) is 85.3 cm³/mol. The fourth-order valence-corrected chi connectivity index (χ4v) is 3.42. The maximum absolute atomic E-state index is 12.5. The van der Waals surface area contributed by atoms with Crippen molar-refractivity contribution >= 4 is 28.3 Å². The number of alkyl halides is 3. The summed E-state index contributed by atoms with van der Waals surface area (Å²) in [6.45, 7) is 4.22. The fraction of sp³-hybridized carbons (Fsp3) is 0.533. The molecule has 1 heterocycles. The standard InChI is InChI=1S/C15H18F3NS2/c1-11-6-8-19(9-7-11)14(20)21-10-12-2-4-13(5-3-12)15(16,17)18/h2-5,11H,6-10H2,1H3. The van der Waals surface area contributed by atoms with Crippen LogP contribution in [0.5, 0.6) is 0 Å². The number of likely N-dealkylation sites (tertiary alicyclic amines) is 1. The van der Waals surface area contributed by atoms with E-state index in [1.807, 2.05) is 0 Å². The number of benzene rings is 1. The largest absolute Gasteiger partial charge is 0.416 e. The van der Waals surface area contributed by atoms with Gasteiger partial charge < -0.3 is 4.90 Å². The number of hydrogen-bond donors (Lipinski definition) is 0. The van der Waals surface area contributed by atoms with Crippen LogP contribution in [0, 0.1) is 5.92 Å². The van der Waals surface area contributed by atoms with Gasteiger partial charge in [0, 0.05) is 18.8 Å². The van der Waals surface area contributed by atoms with Crippen LogP contribution in [-0.2, 0) is 11.9 Å². The van der Waals surface area contributed by atoms with Gasteiger partial charge in [-0.25, -0.2) is 0 Å². The SMILES string of the molecule is CC1CCN(C(=S)SCc2ccc(C(F)(F)F)cc2)CC1. The third-order valence-corrected chi connectivity index (χ3v) is 5.28. The molecule has 0 N–H and O–H groups in total. The highest BCUT2D eigenvalue weighted by molar-refractivity contribution is 8.22. The van der Waals surface area contributed by atoms with E-state index in [-0.39, 0.29) is 0 Å². The number of piperidine rings is 1. The second kappa shape index (κ2) is 7.01. The van der Waals surface area contributed by atoms with Crippen LogP contribution in [0.15, 0.2) is 24.3 Å². The molecule has 0 radical (unpaired) electrons. The summed E-state index contributed by atoms with van der Waals surface area (Å²) in [6.07, 6.45) is -1.96. The van der Waals surface area contributed by atoms with Crippen LogP contribution < -0.4 is 0 Å². The van der Waals surface area contributed by atoms with Gasteiger partial charge in [-0.2, -0.15) is 13.2 Å². The molecule has 0 saturated carbocycles. The van der Waals surface area contributed by atoms with E-state index in [1.165, 1.54) is 23.9 Å². The second-order valence-corrected chi connectivity index (χ2v) is 7.03. The van der Waals surface area contributed by atoms with Gasteiger partial charge in [-0.15, -0.1) is 0 Å². The summed E-state index contributed by atoms with van der Waals surface area (Å²) < 4.78 is 38.3. The van der Waals surface area contributed by atoms with Gasteiger partial charge in [-0.3, -0.25) is 0 Å². The molecule has 1 aromatic rings. The quantitative estimate of drug-likeness (QED) is 0.705. The summed E-state index contributed by atoms with van der Waals surface area (Å²) >= 11 is 6.93. The normalized spacial score (nSPS) is 17.0. The average molecular weight is 333 g/mol. The van der Waals surface area contributed by atoms with Crippen molar-refractivity contribution in [3.63, 3.8) is 0 Å². The van der Waals surface area contributed by atoms with Gasteiger partial charge >= 0.3 is 6.18 Å². The van der Waals surface area contributed by atoms with Crippen molar-refractivity contribution in [2.24, 2.45) is 5.92 Å². The molecule has 0 bridgehead atoms. The van der Waals surface area contributed by atoms with Crippen molar-refractivity contribution in [2.45, 2.75) is 31.7 Å². The Balaban J connectivity index is 1.84. The number of thioether (sulfide) groups is 1. The van der Waals surface area contributed by atoms with Gasteiger partial charge in [0.1, 0.15) is 4.32 Å². The van der Waals surface area contributed by atoms with E-state index in [0.29, 0.717) is 5.75 Å². The van der Waals surface area contributed by atoms with Crippen LogP contribution in [0.1, 0.15) is 30.9 Å². The minimum Gasteiger partial charge on any atom is -0.357 e. The van der Waals surface area contributed by atoms with E-state index in [2.05, 4.69) is 11.8 Å². The first-order valence-corrected chi connectivity index (χ1v) is 8.33. The van der Waals surface area contributed by atoms with E-state index in [9.17, 15) is 13.2 Å². The summed E-state index contributed by atoms with van der Waals surface area (Å²) in [6, 6.07) is 5.30. The fourth-order valence-electron chi connectivity index (χ4n) is 2.22. The lowest BCUT2D eigenvalue weighted by atomic mass is 10.00. The Labute approximate surface area is 132 Å². The molecular formula is C15H18F3NS2. The molecule has 1 saturated heterocycles. The Morgan fingerprint density at radius 3 is 2.33 bits per heavy atom. The maximum Gasteiger partial charge on any atom is 0.416 e. The summed E-state index contributed by atoms with van der Waals surface area (Å²) in [5, 5.41) is 0. The molecule has 0 aliphatic carbocycles. The lowest BCUT2D eigenvalue weighted by Crippen LogP contribution is -2.35. The van der Waals surface area contributed by atoms with Crippen LogP contribution in [0.3, 0.4) is 0 Å². The molecule has 0 unspecified atom stereocenters. The summed E-state index contributed by atoms with van der Waals surface area (Å²) in [4.78, 5) is 2.20. The van der Waals surface area contributed by atoms with Crippen molar-refractivity contribution in [1.82, 2.24) is 4.90 Å². The molecule has 1 nitrogen and oxygen atoms in total. The highest BCUT2D eigenvalue weighted by Crippen LogP contribution is 2.30. The zero-order valence-corrected chi connectivity index (χ0v) is 13.5. The molecule has 21 heavy (non-hydrogen) atoms. The van der Waals surface area contributed by atoms with Crippen LogP contribution in [0.2, 0.25) is 0 Å². The third kappa shape index (κ3) is 4.88. The van der Waals surface area contributed by atoms with Gasteiger partial charge in [0.2, 0.25) is 0 Å².